The Balaban J connectivity index is 2.41. The fourth-order valence-corrected chi connectivity index (χ4v) is 4.53. The number of amides is 2. The zero-order chi connectivity index (χ0) is 26.3. The Hall–Kier alpha value is -2.99. The highest BCUT2D eigenvalue weighted by atomic mass is 79.9. The molecule has 190 valence electrons. The molecule has 2 rings (SSSR count). The van der Waals surface area contributed by atoms with Gasteiger partial charge in [-0.15, -0.1) is 0 Å². The van der Waals surface area contributed by atoms with Crippen molar-refractivity contribution >= 4 is 49.1 Å². The van der Waals surface area contributed by atoms with E-state index in [0.29, 0.717) is 6.54 Å². The highest BCUT2D eigenvalue weighted by molar-refractivity contribution is 9.10. The normalized spacial score (nSPS) is 12.2. The Morgan fingerprint density at radius 3 is 2.34 bits per heavy atom. The van der Waals surface area contributed by atoms with Gasteiger partial charge in [0.15, 0.2) is 0 Å². The van der Waals surface area contributed by atoms with E-state index < -0.39 is 33.4 Å². The molecular weight excluding hydrogens is 540 g/mol. The molecule has 2 aromatic carbocycles. The Morgan fingerprint density at radius 1 is 1.11 bits per heavy atom. The molecule has 0 aromatic heterocycles. The molecule has 0 saturated carbocycles. The monoisotopic (exact) mass is 568 g/mol. The zero-order valence-corrected chi connectivity index (χ0v) is 22.4. The summed E-state index contributed by atoms with van der Waals surface area (Å²) in [5, 5.41) is 14.0. The molecular formula is C23H29BrN4O6S. The van der Waals surface area contributed by atoms with E-state index in [2.05, 4.69) is 21.2 Å². The second-order valence-electron chi connectivity index (χ2n) is 8.51. The number of halogens is 1. The summed E-state index contributed by atoms with van der Waals surface area (Å²) in [4.78, 5) is 38.1. The van der Waals surface area contributed by atoms with Gasteiger partial charge in [0.1, 0.15) is 12.6 Å². The predicted molar refractivity (Wildman–Crippen MR) is 137 cm³/mol. The molecule has 0 bridgehead atoms. The first-order valence-corrected chi connectivity index (χ1v) is 13.5. The Morgan fingerprint density at radius 2 is 1.77 bits per heavy atom. The minimum absolute atomic E-state index is 0.0191. The molecule has 35 heavy (non-hydrogen) atoms. The van der Waals surface area contributed by atoms with Crippen LogP contribution in [-0.4, -0.2) is 55.4 Å². The number of nitro groups is 1. The van der Waals surface area contributed by atoms with Crippen molar-refractivity contribution in [3.63, 3.8) is 0 Å². The molecule has 0 saturated heterocycles. The van der Waals surface area contributed by atoms with Crippen molar-refractivity contribution in [3.8, 4) is 0 Å². The number of sulfonamides is 1. The van der Waals surface area contributed by atoms with Gasteiger partial charge < -0.3 is 10.2 Å². The van der Waals surface area contributed by atoms with Crippen LogP contribution in [0.5, 0.6) is 0 Å². The number of hydrogen-bond donors (Lipinski definition) is 1. The van der Waals surface area contributed by atoms with Gasteiger partial charge in [0.2, 0.25) is 21.8 Å². The SMILES string of the molecule is CC(C)CNC(=O)[C@@H](C)N(Cc1cccc(Br)c1)C(=O)CN(c1cccc([N+](=O)[O-])c1)S(C)(=O)=O. The molecule has 1 atom stereocenters. The maximum atomic E-state index is 13.5. The largest absolute Gasteiger partial charge is 0.354 e. The number of hydrogen-bond acceptors (Lipinski definition) is 6. The molecule has 0 radical (unpaired) electrons. The number of nitro benzene ring substituents is 1. The van der Waals surface area contributed by atoms with E-state index in [1.807, 2.05) is 19.9 Å². The molecule has 0 aliphatic carbocycles. The number of carbonyl (C=O) groups is 2. The number of nitrogens with one attached hydrogen (secondary N) is 1. The number of carbonyl (C=O) groups excluding carboxylic acids is 2. The van der Waals surface area contributed by atoms with Crippen LogP contribution < -0.4 is 9.62 Å². The first-order valence-electron chi connectivity index (χ1n) is 10.8. The van der Waals surface area contributed by atoms with Crippen molar-refractivity contribution in [2.45, 2.75) is 33.4 Å². The van der Waals surface area contributed by atoms with Crippen molar-refractivity contribution in [3.05, 3.63) is 68.7 Å². The summed E-state index contributed by atoms with van der Waals surface area (Å²) in [7, 11) is -3.98. The molecule has 0 unspecified atom stereocenters. The quantitative estimate of drug-likeness (QED) is 0.327. The van der Waals surface area contributed by atoms with Crippen molar-refractivity contribution in [2.75, 3.05) is 23.7 Å². The third kappa shape index (κ3) is 8.32. The lowest BCUT2D eigenvalue weighted by atomic mass is 10.1. The van der Waals surface area contributed by atoms with E-state index in [1.54, 1.807) is 25.1 Å². The van der Waals surface area contributed by atoms with E-state index in [9.17, 15) is 28.1 Å². The summed E-state index contributed by atoms with van der Waals surface area (Å²) >= 11 is 3.39. The molecule has 0 spiro atoms. The fourth-order valence-electron chi connectivity index (χ4n) is 3.24. The number of nitrogens with zero attached hydrogens (tertiary/aromatic N) is 3. The average molecular weight is 569 g/mol. The topological polar surface area (TPSA) is 130 Å². The summed E-state index contributed by atoms with van der Waals surface area (Å²) in [6.07, 6.45) is 0.913. The standard InChI is InChI=1S/C23H29BrN4O6S/c1-16(2)13-25-23(30)17(3)26(14-18-7-5-8-19(24)11-18)22(29)15-27(35(4,33)34)20-9-6-10-21(12-20)28(31)32/h5-12,16-17H,13-15H2,1-4H3,(H,25,30)/t17-/m1/s1. The highest BCUT2D eigenvalue weighted by Gasteiger charge is 2.30. The van der Waals surface area contributed by atoms with Crippen molar-refractivity contribution in [2.24, 2.45) is 5.92 Å². The lowest BCUT2D eigenvalue weighted by Gasteiger charge is -2.31. The van der Waals surface area contributed by atoms with Crippen LogP contribution in [0.4, 0.5) is 11.4 Å². The summed E-state index contributed by atoms with van der Waals surface area (Å²) in [6.45, 7) is 5.31. The van der Waals surface area contributed by atoms with E-state index in [4.69, 9.17) is 0 Å². The van der Waals surface area contributed by atoms with Crippen molar-refractivity contribution < 1.29 is 22.9 Å². The maximum absolute atomic E-state index is 13.5. The number of anilines is 1. The van der Waals surface area contributed by atoms with Crippen LogP contribution in [0.25, 0.3) is 0 Å². The Kier molecular flexibility index (Phi) is 9.78. The van der Waals surface area contributed by atoms with Gasteiger partial charge in [-0.25, -0.2) is 8.42 Å². The summed E-state index contributed by atoms with van der Waals surface area (Å²) < 4.78 is 26.7. The second kappa shape index (κ2) is 12.1. The zero-order valence-electron chi connectivity index (χ0n) is 20.0. The highest BCUT2D eigenvalue weighted by Crippen LogP contribution is 2.24. The molecule has 0 aliphatic heterocycles. The minimum atomic E-state index is -3.98. The molecule has 1 N–H and O–H groups in total. The number of rotatable bonds is 11. The first-order chi connectivity index (χ1) is 16.3. The molecule has 2 aromatic rings. The predicted octanol–water partition coefficient (Wildman–Crippen LogP) is 3.31. The second-order valence-corrected chi connectivity index (χ2v) is 11.3. The van der Waals surface area contributed by atoms with Crippen molar-refractivity contribution in [1.82, 2.24) is 10.2 Å². The van der Waals surface area contributed by atoms with Gasteiger partial charge in [0.05, 0.1) is 16.9 Å². The van der Waals surface area contributed by atoms with Gasteiger partial charge in [0.25, 0.3) is 5.69 Å². The van der Waals surface area contributed by atoms with Gasteiger partial charge in [-0.1, -0.05) is 48.0 Å². The van der Waals surface area contributed by atoms with Gasteiger partial charge in [-0.3, -0.25) is 24.0 Å². The van der Waals surface area contributed by atoms with E-state index >= 15 is 0 Å². The third-order valence-electron chi connectivity index (χ3n) is 5.10. The van der Waals surface area contributed by atoms with Crippen LogP contribution >= 0.6 is 15.9 Å². The lowest BCUT2D eigenvalue weighted by molar-refractivity contribution is -0.384. The first kappa shape index (κ1) is 28.2. The Bertz CT molecular complexity index is 1190. The molecule has 0 heterocycles. The van der Waals surface area contributed by atoms with E-state index in [1.165, 1.54) is 23.1 Å². The number of non-ortho nitro benzene ring substituents is 1. The summed E-state index contributed by atoms with van der Waals surface area (Å²) in [6, 6.07) is 11.3. The van der Waals surface area contributed by atoms with Gasteiger partial charge in [-0.05, 0) is 36.6 Å². The molecule has 12 heteroatoms. The van der Waals surface area contributed by atoms with Crippen LogP contribution in [0.15, 0.2) is 53.0 Å². The smallest absolute Gasteiger partial charge is 0.271 e. The number of benzene rings is 2. The van der Waals surface area contributed by atoms with Crippen molar-refractivity contribution in [1.29, 1.82) is 0 Å². The van der Waals surface area contributed by atoms with Gasteiger partial charge >= 0.3 is 0 Å². The maximum Gasteiger partial charge on any atom is 0.271 e. The van der Waals surface area contributed by atoms with E-state index in [0.717, 1.165) is 26.7 Å². The minimum Gasteiger partial charge on any atom is -0.354 e. The van der Waals surface area contributed by atoms with E-state index in [-0.39, 0.29) is 29.7 Å². The Labute approximate surface area is 213 Å². The molecule has 0 aliphatic rings. The van der Waals surface area contributed by atoms with Crippen LogP contribution in [0.3, 0.4) is 0 Å². The van der Waals surface area contributed by atoms with Crippen LogP contribution in [-0.2, 0) is 26.2 Å². The van der Waals surface area contributed by atoms with Crippen LogP contribution in [0.1, 0.15) is 26.3 Å². The average Bonchev–Trinajstić information content (AvgIpc) is 2.78. The van der Waals surface area contributed by atoms with Crippen LogP contribution in [0, 0.1) is 16.0 Å². The fraction of sp³-hybridized carbons (Fsp3) is 0.391. The van der Waals surface area contributed by atoms with Gasteiger partial charge in [0, 0.05) is 29.7 Å². The molecule has 10 nitrogen and oxygen atoms in total. The summed E-state index contributed by atoms with van der Waals surface area (Å²) in [5.74, 6) is -0.799. The summed E-state index contributed by atoms with van der Waals surface area (Å²) in [5.41, 5.74) is 0.405. The van der Waals surface area contributed by atoms with Crippen LogP contribution in [0.2, 0.25) is 0 Å². The molecule has 0 fully saturated rings. The molecule has 2 amide bonds. The third-order valence-corrected chi connectivity index (χ3v) is 6.74. The van der Waals surface area contributed by atoms with Gasteiger partial charge in [-0.2, -0.15) is 0 Å². The lowest BCUT2D eigenvalue weighted by Crippen LogP contribution is -2.51.